The summed E-state index contributed by atoms with van der Waals surface area (Å²) in [5, 5.41) is 9.19. The van der Waals surface area contributed by atoms with Crippen molar-refractivity contribution in [3.8, 4) is 0 Å². The molecule has 1 heterocycles. The third kappa shape index (κ3) is 1.47. The highest BCUT2D eigenvalue weighted by Gasteiger charge is 2.39. The zero-order chi connectivity index (χ0) is 8.32. The van der Waals surface area contributed by atoms with Crippen LogP contribution >= 0.6 is 0 Å². The first-order chi connectivity index (χ1) is 5.25. The molecule has 2 heteroatoms. The summed E-state index contributed by atoms with van der Waals surface area (Å²) < 4.78 is 5.40. The van der Waals surface area contributed by atoms with Crippen LogP contribution in [-0.4, -0.2) is 24.4 Å². The van der Waals surface area contributed by atoms with Crippen LogP contribution in [0.5, 0.6) is 0 Å². The molecule has 1 aliphatic rings. The number of aliphatic hydroxyl groups is 1. The predicted molar refractivity (Wildman–Crippen MR) is 44.4 cm³/mol. The van der Waals surface area contributed by atoms with E-state index in [0.717, 1.165) is 19.4 Å². The van der Waals surface area contributed by atoms with Crippen LogP contribution in [0, 0.1) is 5.41 Å². The summed E-state index contributed by atoms with van der Waals surface area (Å²) in [7, 11) is 0. The standard InChI is InChI=1S/C9H16O2/c1-3-4-9(7-10)5-6-11-8(9)2/h3,8,10H,1,4-7H2,2H3. The van der Waals surface area contributed by atoms with E-state index in [0.29, 0.717) is 0 Å². The SMILES string of the molecule is C=CCC1(CO)CCOC1C. The van der Waals surface area contributed by atoms with E-state index in [2.05, 4.69) is 6.58 Å². The average molecular weight is 156 g/mol. The van der Waals surface area contributed by atoms with Gasteiger partial charge in [0.1, 0.15) is 0 Å². The Bertz CT molecular complexity index is 144. The molecule has 1 fully saturated rings. The maximum atomic E-state index is 9.19. The average Bonchev–Trinajstić information content (AvgIpc) is 2.35. The number of ether oxygens (including phenoxy) is 1. The smallest absolute Gasteiger partial charge is 0.0628 e. The van der Waals surface area contributed by atoms with Crippen molar-refractivity contribution in [2.75, 3.05) is 13.2 Å². The molecule has 0 aromatic rings. The predicted octanol–water partition coefficient (Wildman–Crippen LogP) is 1.35. The van der Waals surface area contributed by atoms with Crippen molar-refractivity contribution in [1.82, 2.24) is 0 Å². The van der Waals surface area contributed by atoms with E-state index in [9.17, 15) is 5.11 Å². The minimum atomic E-state index is -0.0399. The van der Waals surface area contributed by atoms with Gasteiger partial charge < -0.3 is 9.84 Å². The molecule has 1 rings (SSSR count). The van der Waals surface area contributed by atoms with Gasteiger partial charge in [-0.3, -0.25) is 0 Å². The zero-order valence-electron chi connectivity index (χ0n) is 7.05. The number of rotatable bonds is 3. The van der Waals surface area contributed by atoms with E-state index in [1.807, 2.05) is 13.0 Å². The van der Waals surface area contributed by atoms with E-state index in [4.69, 9.17) is 4.74 Å². The number of hydrogen-bond acceptors (Lipinski definition) is 2. The van der Waals surface area contributed by atoms with Gasteiger partial charge in [0.15, 0.2) is 0 Å². The molecule has 0 spiro atoms. The highest BCUT2D eigenvalue weighted by atomic mass is 16.5. The second kappa shape index (κ2) is 3.37. The van der Waals surface area contributed by atoms with Crippen LogP contribution in [0.3, 0.4) is 0 Å². The maximum absolute atomic E-state index is 9.19. The lowest BCUT2D eigenvalue weighted by Gasteiger charge is -2.28. The van der Waals surface area contributed by atoms with Gasteiger partial charge in [-0.25, -0.2) is 0 Å². The Morgan fingerprint density at radius 3 is 2.91 bits per heavy atom. The summed E-state index contributed by atoms with van der Waals surface area (Å²) in [6, 6.07) is 0. The minimum absolute atomic E-state index is 0.0399. The van der Waals surface area contributed by atoms with Crippen molar-refractivity contribution >= 4 is 0 Å². The highest BCUT2D eigenvalue weighted by Crippen LogP contribution is 2.37. The summed E-state index contributed by atoms with van der Waals surface area (Å²) in [4.78, 5) is 0. The number of allylic oxidation sites excluding steroid dienone is 1. The molecule has 0 aliphatic carbocycles. The Kier molecular flexibility index (Phi) is 2.68. The van der Waals surface area contributed by atoms with Gasteiger partial charge in [-0.15, -0.1) is 6.58 Å². The first-order valence-corrected chi connectivity index (χ1v) is 4.08. The van der Waals surface area contributed by atoms with Crippen LogP contribution in [0.4, 0.5) is 0 Å². The molecule has 2 unspecified atom stereocenters. The molecule has 0 amide bonds. The van der Waals surface area contributed by atoms with Crippen LogP contribution in [0.15, 0.2) is 12.7 Å². The van der Waals surface area contributed by atoms with E-state index in [-0.39, 0.29) is 18.1 Å². The fourth-order valence-electron chi connectivity index (χ4n) is 1.65. The Morgan fingerprint density at radius 1 is 1.82 bits per heavy atom. The second-order valence-electron chi connectivity index (χ2n) is 3.28. The summed E-state index contributed by atoms with van der Waals surface area (Å²) in [6.07, 6.45) is 3.84. The summed E-state index contributed by atoms with van der Waals surface area (Å²) in [5.74, 6) is 0. The molecule has 0 radical (unpaired) electrons. The lowest BCUT2D eigenvalue weighted by atomic mass is 9.79. The minimum Gasteiger partial charge on any atom is -0.396 e. The summed E-state index contributed by atoms with van der Waals surface area (Å²) in [6.45, 7) is 6.69. The van der Waals surface area contributed by atoms with Crippen LogP contribution in [-0.2, 0) is 4.74 Å². The Hall–Kier alpha value is -0.340. The van der Waals surface area contributed by atoms with Gasteiger partial charge in [-0.2, -0.15) is 0 Å². The van der Waals surface area contributed by atoms with E-state index < -0.39 is 0 Å². The first kappa shape index (κ1) is 8.75. The lowest BCUT2D eigenvalue weighted by Crippen LogP contribution is -2.31. The molecule has 0 saturated carbocycles. The largest absolute Gasteiger partial charge is 0.396 e. The molecule has 1 saturated heterocycles. The fourth-order valence-corrected chi connectivity index (χ4v) is 1.65. The molecule has 1 N–H and O–H groups in total. The van der Waals surface area contributed by atoms with E-state index in [1.165, 1.54) is 0 Å². The monoisotopic (exact) mass is 156 g/mol. The van der Waals surface area contributed by atoms with Crippen molar-refractivity contribution < 1.29 is 9.84 Å². The quantitative estimate of drug-likeness (QED) is 0.625. The second-order valence-corrected chi connectivity index (χ2v) is 3.28. The van der Waals surface area contributed by atoms with Crippen LogP contribution in [0.1, 0.15) is 19.8 Å². The van der Waals surface area contributed by atoms with Crippen molar-refractivity contribution in [1.29, 1.82) is 0 Å². The topological polar surface area (TPSA) is 29.5 Å². The van der Waals surface area contributed by atoms with Gasteiger partial charge in [0.25, 0.3) is 0 Å². The van der Waals surface area contributed by atoms with Gasteiger partial charge in [-0.05, 0) is 19.8 Å². The van der Waals surface area contributed by atoms with Gasteiger partial charge in [0.2, 0.25) is 0 Å². The molecule has 64 valence electrons. The Morgan fingerprint density at radius 2 is 2.55 bits per heavy atom. The fraction of sp³-hybridized carbons (Fsp3) is 0.778. The van der Waals surface area contributed by atoms with Gasteiger partial charge in [0, 0.05) is 12.0 Å². The molecule has 0 aromatic heterocycles. The van der Waals surface area contributed by atoms with Crippen LogP contribution in [0.25, 0.3) is 0 Å². The molecular weight excluding hydrogens is 140 g/mol. The molecule has 1 aliphatic heterocycles. The summed E-state index contributed by atoms with van der Waals surface area (Å²) in [5.41, 5.74) is -0.0399. The van der Waals surface area contributed by atoms with Crippen LogP contribution in [0.2, 0.25) is 0 Å². The highest BCUT2D eigenvalue weighted by molar-refractivity contribution is 4.93. The van der Waals surface area contributed by atoms with Gasteiger partial charge >= 0.3 is 0 Å². The van der Waals surface area contributed by atoms with E-state index in [1.54, 1.807) is 0 Å². The number of hydrogen-bond donors (Lipinski definition) is 1. The number of aliphatic hydroxyl groups excluding tert-OH is 1. The summed E-state index contributed by atoms with van der Waals surface area (Å²) >= 11 is 0. The van der Waals surface area contributed by atoms with Crippen molar-refractivity contribution in [2.24, 2.45) is 5.41 Å². The third-order valence-electron chi connectivity index (χ3n) is 2.70. The normalized spacial score (nSPS) is 37.5. The molecule has 2 atom stereocenters. The molecule has 0 bridgehead atoms. The molecular formula is C9H16O2. The van der Waals surface area contributed by atoms with Crippen molar-refractivity contribution in [3.05, 3.63) is 12.7 Å². The third-order valence-corrected chi connectivity index (χ3v) is 2.70. The van der Waals surface area contributed by atoms with Crippen LogP contribution < -0.4 is 0 Å². The molecule has 11 heavy (non-hydrogen) atoms. The maximum Gasteiger partial charge on any atom is 0.0628 e. The van der Waals surface area contributed by atoms with Gasteiger partial charge in [0.05, 0.1) is 12.7 Å². The van der Waals surface area contributed by atoms with Crippen molar-refractivity contribution in [3.63, 3.8) is 0 Å². The Balaban J connectivity index is 2.64. The lowest BCUT2D eigenvalue weighted by molar-refractivity contribution is 0.0288. The van der Waals surface area contributed by atoms with E-state index >= 15 is 0 Å². The van der Waals surface area contributed by atoms with Gasteiger partial charge in [-0.1, -0.05) is 6.08 Å². The Labute approximate surface area is 67.9 Å². The zero-order valence-corrected chi connectivity index (χ0v) is 7.05. The molecule has 2 nitrogen and oxygen atoms in total. The molecule has 0 aromatic carbocycles. The van der Waals surface area contributed by atoms with Crippen molar-refractivity contribution in [2.45, 2.75) is 25.9 Å². The first-order valence-electron chi connectivity index (χ1n) is 4.08.